The first-order valence-electron chi connectivity index (χ1n) is 5.59. The van der Waals surface area contributed by atoms with Crippen molar-refractivity contribution in [1.82, 2.24) is 9.97 Å². The van der Waals surface area contributed by atoms with Crippen LogP contribution in [0.3, 0.4) is 0 Å². The summed E-state index contributed by atoms with van der Waals surface area (Å²) in [5.41, 5.74) is 0.930. The van der Waals surface area contributed by atoms with Crippen LogP contribution < -0.4 is 5.32 Å². The van der Waals surface area contributed by atoms with E-state index in [-0.39, 0.29) is 6.61 Å². The first-order chi connectivity index (χ1) is 8.35. The zero-order valence-corrected chi connectivity index (χ0v) is 10.5. The second kappa shape index (κ2) is 5.84. The van der Waals surface area contributed by atoms with Crippen molar-refractivity contribution in [3.63, 3.8) is 0 Å². The van der Waals surface area contributed by atoms with E-state index in [4.69, 9.17) is 5.11 Å². The number of fused-ring (bicyclic) bond motifs is 1. The van der Waals surface area contributed by atoms with Crippen LogP contribution in [-0.2, 0) is 0 Å². The lowest BCUT2D eigenvalue weighted by atomic mass is 10.2. The van der Waals surface area contributed by atoms with Crippen LogP contribution in [0.25, 0.3) is 10.9 Å². The Labute approximate surface area is 104 Å². The fourth-order valence-electron chi connectivity index (χ4n) is 1.54. The standard InChI is InChI=1S/C12H15N3OS/c1-2-13-12-14-10-6-4-3-5-9(10)11(15-12)17-8-7-16/h3-6,16H,2,7-8H2,1H3,(H,13,14,15). The Morgan fingerprint density at radius 1 is 1.29 bits per heavy atom. The van der Waals surface area contributed by atoms with E-state index in [1.807, 2.05) is 31.2 Å². The Balaban J connectivity index is 2.45. The summed E-state index contributed by atoms with van der Waals surface area (Å²) in [4.78, 5) is 8.89. The Morgan fingerprint density at radius 3 is 2.88 bits per heavy atom. The van der Waals surface area contributed by atoms with E-state index < -0.39 is 0 Å². The molecule has 0 aliphatic carbocycles. The second-order valence-corrected chi connectivity index (χ2v) is 4.56. The van der Waals surface area contributed by atoms with Gasteiger partial charge in [0, 0.05) is 17.7 Å². The number of aromatic nitrogens is 2. The average Bonchev–Trinajstić information content (AvgIpc) is 2.36. The molecule has 2 aromatic rings. The Hall–Kier alpha value is -1.33. The molecule has 0 amide bonds. The number of benzene rings is 1. The van der Waals surface area contributed by atoms with E-state index in [0.717, 1.165) is 22.5 Å². The highest BCUT2D eigenvalue weighted by molar-refractivity contribution is 7.99. The highest BCUT2D eigenvalue weighted by atomic mass is 32.2. The first-order valence-corrected chi connectivity index (χ1v) is 6.58. The molecule has 0 unspecified atom stereocenters. The summed E-state index contributed by atoms with van der Waals surface area (Å²) in [5.74, 6) is 1.29. The summed E-state index contributed by atoms with van der Waals surface area (Å²) in [6, 6.07) is 7.92. The molecule has 2 N–H and O–H groups in total. The number of aliphatic hydroxyl groups excluding tert-OH is 1. The molecule has 2 rings (SSSR count). The Kier molecular flexibility index (Phi) is 4.17. The summed E-state index contributed by atoms with van der Waals surface area (Å²) in [7, 11) is 0. The van der Waals surface area contributed by atoms with Gasteiger partial charge in [0.25, 0.3) is 0 Å². The van der Waals surface area contributed by atoms with Crippen LogP contribution >= 0.6 is 11.8 Å². The second-order valence-electron chi connectivity index (χ2n) is 3.47. The number of thioether (sulfide) groups is 1. The maximum atomic E-state index is 8.89. The van der Waals surface area contributed by atoms with Crippen molar-refractivity contribution in [2.24, 2.45) is 0 Å². The largest absolute Gasteiger partial charge is 0.396 e. The minimum absolute atomic E-state index is 0.152. The zero-order chi connectivity index (χ0) is 12.1. The van der Waals surface area contributed by atoms with E-state index in [0.29, 0.717) is 11.7 Å². The summed E-state index contributed by atoms with van der Waals surface area (Å²) < 4.78 is 0. The van der Waals surface area contributed by atoms with Gasteiger partial charge in [-0.15, -0.1) is 11.8 Å². The van der Waals surface area contributed by atoms with Gasteiger partial charge in [0.1, 0.15) is 5.03 Å². The van der Waals surface area contributed by atoms with Gasteiger partial charge in [-0.1, -0.05) is 18.2 Å². The summed E-state index contributed by atoms with van der Waals surface area (Å²) >= 11 is 1.55. The normalized spacial score (nSPS) is 10.7. The topological polar surface area (TPSA) is 58.0 Å². The smallest absolute Gasteiger partial charge is 0.224 e. The van der Waals surface area contributed by atoms with E-state index in [1.54, 1.807) is 11.8 Å². The van der Waals surface area contributed by atoms with Gasteiger partial charge in [-0.25, -0.2) is 9.97 Å². The van der Waals surface area contributed by atoms with Crippen molar-refractivity contribution >= 4 is 28.6 Å². The number of rotatable bonds is 5. The zero-order valence-electron chi connectivity index (χ0n) is 9.68. The molecule has 0 radical (unpaired) electrons. The van der Waals surface area contributed by atoms with Crippen LogP contribution in [0, 0.1) is 0 Å². The van der Waals surface area contributed by atoms with Crippen molar-refractivity contribution in [2.75, 3.05) is 24.2 Å². The van der Waals surface area contributed by atoms with Crippen LogP contribution in [-0.4, -0.2) is 34.0 Å². The van der Waals surface area contributed by atoms with Gasteiger partial charge in [0.15, 0.2) is 0 Å². The molecule has 0 aliphatic rings. The van der Waals surface area contributed by atoms with Crippen LogP contribution in [0.1, 0.15) is 6.92 Å². The quantitative estimate of drug-likeness (QED) is 0.628. The maximum Gasteiger partial charge on any atom is 0.224 e. The number of hydrogen-bond donors (Lipinski definition) is 2. The number of nitrogens with zero attached hydrogens (tertiary/aromatic N) is 2. The highest BCUT2D eigenvalue weighted by Gasteiger charge is 2.06. The first kappa shape index (κ1) is 12.1. The lowest BCUT2D eigenvalue weighted by Gasteiger charge is -2.08. The molecule has 0 aliphatic heterocycles. The third kappa shape index (κ3) is 2.87. The van der Waals surface area contributed by atoms with Crippen molar-refractivity contribution in [3.05, 3.63) is 24.3 Å². The van der Waals surface area contributed by atoms with Gasteiger partial charge in [-0.2, -0.15) is 0 Å². The minimum atomic E-state index is 0.152. The van der Waals surface area contributed by atoms with Crippen LogP contribution in [0.2, 0.25) is 0 Å². The predicted octanol–water partition coefficient (Wildman–Crippen LogP) is 2.15. The van der Waals surface area contributed by atoms with Gasteiger partial charge < -0.3 is 10.4 Å². The van der Waals surface area contributed by atoms with Gasteiger partial charge in [0.05, 0.1) is 12.1 Å². The molecule has 0 saturated carbocycles. The molecule has 4 nitrogen and oxygen atoms in total. The third-order valence-electron chi connectivity index (χ3n) is 2.23. The Bertz CT molecular complexity index is 504. The van der Waals surface area contributed by atoms with Crippen molar-refractivity contribution in [3.8, 4) is 0 Å². The molecule has 0 fully saturated rings. The van der Waals surface area contributed by atoms with E-state index >= 15 is 0 Å². The fraction of sp³-hybridized carbons (Fsp3) is 0.333. The summed E-state index contributed by atoms with van der Waals surface area (Å²) in [6.07, 6.45) is 0. The number of anilines is 1. The van der Waals surface area contributed by atoms with Crippen LogP contribution in [0.5, 0.6) is 0 Å². The molecule has 0 bridgehead atoms. The number of hydrogen-bond acceptors (Lipinski definition) is 5. The molecule has 1 aromatic heterocycles. The molecule has 1 heterocycles. The Morgan fingerprint density at radius 2 is 2.12 bits per heavy atom. The van der Waals surface area contributed by atoms with E-state index in [2.05, 4.69) is 15.3 Å². The molecule has 0 spiro atoms. The van der Waals surface area contributed by atoms with Gasteiger partial charge in [-0.05, 0) is 13.0 Å². The van der Waals surface area contributed by atoms with Crippen molar-refractivity contribution in [1.29, 1.82) is 0 Å². The van der Waals surface area contributed by atoms with Crippen LogP contribution in [0.4, 0.5) is 5.95 Å². The molecular formula is C12H15N3OS. The fourth-order valence-corrected chi connectivity index (χ4v) is 2.30. The molecule has 1 aromatic carbocycles. The van der Waals surface area contributed by atoms with Gasteiger partial charge in [-0.3, -0.25) is 0 Å². The number of aliphatic hydroxyl groups is 1. The SMILES string of the molecule is CCNc1nc(SCCO)c2ccccc2n1. The maximum absolute atomic E-state index is 8.89. The molecule has 0 saturated heterocycles. The van der Waals surface area contributed by atoms with Gasteiger partial charge in [0.2, 0.25) is 5.95 Å². The number of para-hydroxylation sites is 1. The van der Waals surface area contributed by atoms with E-state index in [1.165, 1.54) is 0 Å². The van der Waals surface area contributed by atoms with E-state index in [9.17, 15) is 0 Å². The molecule has 5 heteroatoms. The lowest BCUT2D eigenvalue weighted by molar-refractivity contribution is 0.322. The third-order valence-corrected chi connectivity index (χ3v) is 3.20. The molecular weight excluding hydrogens is 234 g/mol. The van der Waals surface area contributed by atoms with Crippen molar-refractivity contribution < 1.29 is 5.11 Å². The minimum Gasteiger partial charge on any atom is -0.396 e. The molecule has 17 heavy (non-hydrogen) atoms. The predicted molar refractivity (Wildman–Crippen MR) is 71.5 cm³/mol. The molecule has 90 valence electrons. The summed E-state index contributed by atoms with van der Waals surface area (Å²) in [5, 5.41) is 14.0. The van der Waals surface area contributed by atoms with Gasteiger partial charge >= 0.3 is 0 Å². The lowest BCUT2D eigenvalue weighted by Crippen LogP contribution is -2.03. The van der Waals surface area contributed by atoms with Crippen molar-refractivity contribution in [2.45, 2.75) is 11.9 Å². The highest BCUT2D eigenvalue weighted by Crippen LogP contribution is 2.26. The summed E-state index contributed by atoms with van der Waals surface area (Å²) in [6.45, 7) is 2.96. The average molecular weight is 249 g/mol. The monoisotopic (exact) mass is 249 g/mol. The molecule has 0 atom stereocenters. The number of nitrogens with one attached hydrogen (secondary N) is 1. The van der Waals surface area contributed by atoms with Crippen LogP contribution in [0.15, 0.2) is 29.3 Å².